The van der Waals surface area contributed by atoms with Crippen LogP contribution in [0.2, 0.25) is 0 Å². The fourth-order valence-corrected chi connectivity index (χ4v) is 3.24. The van der Waals surface area contributed by atoms with E-state index in [0.717, 1.165) is 71.0 Å². The molecule has 1 amide bonds. The lowest BCUT2D eigenvalue weighted by atomic mass is 9.93. The Bertz CT molecular complexity index is 460. The van der Waals surface area contributed by atoms with Gasteiger partial charge in [-0.05, 0) is 38.5 Å². The molecular formula is C18H33IN4O2. The van der Waals surface area contributed by atoms with Crippen molar-refractivity contribution in [3.8, 4) is 0 Å². The first-order valence-electron chi connectivity index (χ1n) is 9.22. The van der Waals surface area contributed by atoms with E-state index >= 15 is 0 Å². The molecule has 7 heteroatoms. The quantitative estimate of drug-likeness (QED) is 0.274. The van der Waals surface area contributed by atoms with Gasteiger partial charge in [-0.2, -0.15) is 0 Å². The average molecular weight is 464 g/mol. The van der Waals surface area contributed by atoms with E-state index in [0.29, 0.717) is 12.3 Å². The lowest BCUT2D eigenvalue weighted by molar-refractivity contribution is -0.121. The van der Waals surface area contributed by atoms with Gasteiger partial charge in [-0.25, -0.2) is 0 Å². The lowest BCUT2D eigenvalue weighted by Gasteiger charge is -2.34. The van der Waals surface area contributed by atoms with Crippen LogP contribution in [0.15, 0.2) is 16.6 Å². The van der Waals surface area contributed by atoms with Gasteiger partial charge in [0.25, 0.3) is 0 Å². The molecule has 2 N–H and O–H groups in total. The molecule has 144 valence electrons. The van der Waals surface area contributed by atoms with Crippen molar-refractivity contribution in [2.45, 2.75) is 39.0 Å². The normalized spacial score (nSPS) is 19.0. The van der Waals surface area contributed by atoms with Gasteiger partial charge in [0, 0.05) is 39.6 Å². The molecule has 0 bridgehead atoms. The summed E-state index contributed by atoms with van der Waals surface area (Å²) < 4.78 is 5.35. The molecule has 2 aliphatic heterocycles. The monoisotopic (exact) mass is 464 g/mol. The summed E-state index contributed by atoms with van der Waals surface area (Å²) in [6.45, 7) is 7.36. The number of hydrogen-bond donors (Lipinski definition) is 2. The SMILES string of the molecule is CCNC(=NCCC1=CCOCC1)N1CCC(CC(=O)NC)CC1.I. The van der Waals surface area contributed by atoms with Crippen LogP contribution in [0.4, 0.5) is 0 Å². The number of nitrogens with one attached hydrogen (secondary N) is 2. The zero-order chi connectivity index (χ0) is 17.2. The van der Waals surface area contributed by atoms with E-state index in [-0.39, 0.29) is 29.9 Å². The van der Waals surface area contributed by atoms with E-state index in [1.807, 2.05) is 0 Å². The summed E-state index contributed by atoms with van der Waals surface area (Å²) >= 11 is 0. The summed E-state index contributed by atoms with van der Waals surface area (Å²) in [5.41, 5.74) is 1.46. The number of likely N-dealkylation sites (tertiary alicyclic amines) is 1. The Morgan fingerprint density at radius 2 is 2.16 bits per heavy atom. The van der Waals surface area contributed by atoms with E-state index < -0.39 is 0 Å². The zero-order valence-electron chi connectivity index (χ0n) is 15.6. The maximum atomic E-state index is 11.5. The molecule has 1 fully saturated rings. The number of halogens is 1. The molecule has 1 saturated heterocycles. The summed E-state index contributed by atoms with van der Waals surface area (Å²) in [6, 6.07) is 0. The molecule has 2 rings (SSSR count). The maximum absolute atomic E-state index is 11.5. The molecular weight excluding hydrogens is 431 g/mol. The third-order valence-electron chi connectivity index (χ3n) is 4.75. The van der Waals surface area contributed by atoms with Crippen molar-refractivity contribution < 1.29 is 9.53 Å². The van der Waals surface area contributed by atoms with Crippen LogP contribution in [0.3, 0.4) is 0 Å². The van der Waals surface area contributed by atoms with E-state index in [9.17, 15) is 4.79 Å². The van der Waals surface area contributed by atoms with Crippen molar-refractivity contribution in [1.82, 2.24) is 15.5 Å². The van der Waals surface area contributed by atoms with Gasteiger partial charge in [0.15, 0.2) is 5.96 Å². The number of carbonyl (C=O) groups is 1. The molecule has 25 heavy (non-hydrogen) atoms. The minimum Gasteiger partial charge on any atom is -0.377 e. The molecule has 0 aromatic carbocycles. The highest BCUT2D eigenvalue weighted by atomic mass is 127. The van der Waals surface area contributed by atoms with Crippen LogP contribution >= 0.6 is 24.0 Å². The molecule has 0 radical (unpaired) electrons. The predicted octanol–water partition coefficient (Wildman–Crippen LogP) is 2.15. The number of amides is 1. The second-order valence-electron chi connectivity index (χ2n) is 6.48. The first-order chi connectivity index (χ1) is 11.7. The third kappa shape index (κ3) is 7.94. The van der Waals surface area contributed by atoms with Gasteiger partial charge < -0.3 is 20.3 Å². The smallest absolute Gasteiger partial charge is 0.220 e. The number of hydrogen-bond acceptors (Lipinski definition) is 3. The predicted molar refractivity (Wildman–Crippen MR) is 113 cm³/mol. The Kier molecular flexibility index (Phi) is 11.1. The summed E-state index contributed by atoms with van der Waals surface area (Å²) in [5, 5.41) is 6.13. The molecule has 0 saturated carbocycles. The fraction of sp³-hybridized carbons (Fsp3) is 0.778. The Labute approximate surface area is 168 Å². The zero-order valence-corrected chi connectivity index (χ0v) is 17.9. The fourth-order valence-electron chi connectivity index (χ4n) is 3.24. The highest BCUT2D eigenvalue weighted by Gasteiger charge is 2.23. The number of piperidine rings is 1. The highest BCUT2D eigenvalue weighted by Crippen LogP contribution is 2.20. The van der Waals surface area contributed by atoms with Crippen molar-refractivity contribution in [3.63, 3.8) is 0 Å². The minimum absolute atomic E-state index is 0. The topological polar surface area (TPSA) is 66.0 Å². The molecule has 6 nitrogen and oxygen atoms in total. The molecule has 0 aromatic rings. The van der Waals surface area contributed by atoms with Gasteiger partial charge in [-0.15, -0.1) is 24.0 Å². The van der Waals surface area contributed by atoms with Crippen LogP contribution in [0.1, 0.15) is 39.0 Å². The molecule has 2 aliphatic rings. The minimum atomic E-state index is 0. The van der Waals surface area contributed by atoms with Gasteiger partial charge in [-0.3, -0.25) is 9.79 Å². The summed E-state index contributed by atoms with van der Waals surface area (Å²) in [7, 11) is 1.71. The summed E-state index contributed by atoms with van der Waals surface area (Å²) in [5.74, 6) is 1.67. The Hall–Kier alpha value is -0.830. The van der Waals surface area contributed by atoms with Gasteiger partial charge in [-0.1, -0.05) is 11.6 Å². The van der Waals surface area contributed by atoms with Crippen molar-refractivity contribution >= 4 is 35.8 Å². The van der Waals surface area contributed by atoms with Crippen LogP contribution in [0.25, 0.3) is 0 Å². The second-order valence-corrected chi connectivity index (χ2v) is 6.48. The van der Waals surface area contributed by atoms with E-state index in [1.54, 1.807) is 7.05 Å². The average Bonchev–Trinajstić information content (AvgIpc) is 2.62. The summed E-state index contributed by atoms with van der Waals surface area (Å²) in [4.78, 5) is 18.7. The summed E-state index contributed by atoms with van der Waals surface area (Å²) in [6.07, 6.45) is 7.01. The van der Waals surface area contributed by atoms with Crippen LogP contribution in [0, 0.1) is 5.92 Å². The van der Waals surface area contributed by atoms with Crippen molar-refractivity contribution in [2.75, 3.05) is 46.4 Å². The number of carbonyl (C=O) groups excluding carboxylic acids is 1. The van der Waals surface area contributed by atoms with Gasteiger partial charge in [0.05, 0.1) is 13.2 Å². The highest BCUT2D eigenvalue weighted by molar-refractivity contribution is 14.0. The molecule has 0 aliphatic carbocycles. The largest absolute Gasteiger partial charge is 0.377 e. The Morgan fingerprint density at radius 3 is 2.76 bits per heavy atom. The van der Waals surface area contributed by atoms with Crippen LogP contribution in [0.5, 0.6) is 0 Å². The van der Waals surface area contributed by atoms with Gasteiger partial charge in [0.1, 0.15) is 0 Å². The lowest BCUT2D eigenvalue weighted by Crippen LogP contribution is -2.46. The van der Waals surface area contributed by atoms with Gasteiger partial charge in [0.2, 0.25) is 5.91 Å². The van der Waals surface area contributed by atoms with E-state index in [2.05, 4.69) is 28.5 Å². The number of guanidine groups is 1. The van der Waals surface area contributed by atoms with Crippen molar-refractivity contribution in [3.05, 3.63) is 11.6 Å². The number of aliphatic imine (C=N–C) groups is 1. The van der Waals surface area contributed by atoms with E-state index in [4.69, 9.17) is 9.73 Å². The van der Waals surface area contributed by atoms with E-state index in [1.165, 1.54) is 5.57 Å². The first-order valence-corrected chi connectivity index (χ1v) is 9.22. The number of ether oxygens (including phenoxy) is 1. The van der Waals surface area contributed by atoms with Crippen LogP contribution in [-0.4, -0.2) is 63.2 Å². The Balaban J connectivity index is 0.00000312. The molecule has 0 spiro atoms. The number of rotatable bonds is 6. The standard InChI is InChI=1S/C18H32N4O2.HI/c1-3-20-18(21-9-4-15-7-12-24-13-8-15)22-10-5-16(6-11-22)14-17(23)19-2;/h7,16H,3-6,8-14H2,1-2H3,(H,19,23)(H,20,21);1H. The van der Waals surface area contributed by atoms with Crippen molar-refractivity contribution in [1.29, 1.82) is 0 Å². The molecule has 0 atom stereocenters. The molecule has 2 heterocycles. The van der Waals surface area contributed by atoms with Crippen LogP contribution in [-0.2, 0) is 9.53 Å². The first kappa shape index (κ1) is 22.2. The van der Waals surface area contributed by atoms with Gasteiger partial charge >= 0.3 is 0 Å². The number of nitrogens with zero attached hydrogens (tertiary/aromatic N) is 2. The third-order valence-corrected chi connectivity index (χ3v) is 4.75. The maximum Gasteiger partial charge on any atom is 0.220 e. The second kappa shape index (κ2) is 12.5. The van der Waals surface area contributed by atoms with Crippen LogP contribution < -0.4 is 10.6 Å². The molecule has 0 unspecified atom stereocenters. The molecule has 0 aromatic heterocycles. The van der Waals surface area contributed by atoms with Crippen molar-refractivity contribution in [2.24, 2.45) is 10.9 Å². The Morgan fingerprint density at radius 1 is 1.40 bits per heavy atom.